The number of halogens is 2. The summed E-state index contributed by atoms with van der Waals surface area (Å²) in [5.74, 6) is 7.16. The van der Waals surface area contributed by atoms with Crippen LogP contribution < -0.4 is 5.32 Å². The summed E-state index contributed by atoms with van der Waals surface area (Å²) in [4.78, 5) is 2.63. The summed E-state index contributed by atoms with van der Waals surface area (Å²) < 4.78 is 0. The average molecular weight is 451 g/mol. The summed E-state index contributed by atoms with van der Waals surface area (Å²) in [6, 6.07) is 13.2. The van der Waals surface area contributed by atoms with Gasteiger partial charge < -0.3 is 5.32 Å². The molecule has 2 aromatic rings. The van der Waals surface area contributed by atoms with Crippen LogP contribution in [0.4, 0.5) is 0 Å². The zero-order valence-electron chi connectivity index (χ0n) is 17.8. The highest BCUT2D eigenvalue weighted by Gasteiger charge is 2.26. The zero-order chi connectivity index (χ0) is 21.2. The number of fused-ring (bicyclic) bond motifs is 1. The summed E-state index contributed by atoms with van der Waals surface area (Å²) in [7, 11) is 0. The number of hydrogen-bond donors (Lipinski definition) is 1. The Kier molecular flexibility index (Phi) is 6.28. The summed E-state index contributed by atoms with van der Waals surface area (Å²) >= 11 is 12.8. The first-order valence-electron chi connectivity index (χ1n) is 11.4. The molecule has 0 radical (unpaired) electrons. The Hall–Kier alpha value is -1.92. The van der Waals surface area contributed by atoms with Crippen LogP contribution in [0.3, 0.4) is 0 Å². The topological polar surface area (TPSA) is 15.3 Å². The first-order valence-corrected chi connectivity index (χ1v) is 12.1. The Morgan fingerprint density at radius 1 is 1.03 bits per heavy atom. The molecular formula is C27H28Cl2N2. The van der Waals surface area contributed by atoms with E-state index in [0.717, 1.165) is 60.1 Å². The van der Waals surface area contributed by atoms with Gasteiger partial charge in [-0.05, 0) is 79.5 Å². The number of nitrogens with one attached hydrogen (secondary N) is 1. The van der Waals surface area contributed by atoms with Gasteiger partial charge in [0, 0.05) is 52.9 Å². The minimum Gasteiger partial charge on any atom is -0.383 e. The molecule has 2 aliphatic carbocycles. The molecule has 4 heteroatoms. The third kappa shape index (κ3) is 5.29. The van der Waals surface area contributed by atoms with Gasteiger partial charge in [-0.3, -0.25) is 4.90 Å². The SMILES string of the molecule is Clc1ccc2c(c1)CC(N1CCC=C(NCc3ccc(C#CC4CC4)cc3Cl)C1)CC2. The van der Waals surface area contributed by atoms with Crippen molar-refractivity contribution in [2.75, 3.05) is 13.1 Å². The van der Waals surface area contributed by atoms with Crippen molar-refractivity contribution in [3.63, 3.8) is 0 Å². The lowest BCUT2D eigenvalue weighted by atomic mass is 9.87. The van der Waals surface area contributed by atoms with E-state index >= 15 is 0 Å². The van der Waals surface area contributed by atoms with Crippen molar-refractivity contribution in [2.24, 2.45) is 5.92 Å². The van der Waals surface area contributed by atoms with Crippen LogP contribution in [0.25, 0.3) is 0 Å². The van der Waals surface area contributed by atoms with Crippen LogP contribution in [0.5, 0.6) is 0 Å². The molecule has 3 aliphatic rings. The number of rotatable bonds is 4. The summed E-state index contributed by atoms with van der Waals surface area (Å²) in [5.41, 5.74) is 6.33. The maximum absolute atomic E-state index is 6.54. The number of aryl methyl sites for hydroxylation is 1. The van der Waals surface area contributed by atoms with E-state index in [-0.39, 0.29) is 0 Å². The van der Waals surface area contributed by atoms with Crippen molar-refractivity contribution in [1.29, 1.82) is 0 Å². The van der Waals surface area contributed by atoms with Gasteiger partial charge in [-0.1, -0.05) is 53.3 Å². The third-order valence-electron chi connectivity index (χ3n) is 6.62. The smallest absolute Gasteiger partial charge is 0.0468 e. The molecule has 0 amide bonds. The standard InChI is InChI=1S/C27H28Cl2N2/c28-24-11-9-21-10-12-26(16-23(21)15-24)31-13-1-2-25(18-31)30-17-22-8-7-20(14-27(22)29)6-5-19-3-4-19/h2,7-9,11,14-15,19,26,30H,1,3-4,10,12-13,16-18H2. The molecule has 0 saturated heterocycles. The predicted octanol–water partition coefficient (Wildman–Crippen LogP) is 5.99. The molecule has 1 saturated carbocycles. The fourth-order valence-corrected chi connectivity index (χ4v) is 5.06. The van der Waals surface area contributed by atoms with Crippen molar-refractivity contribution in [3.8, 4) is 11.8 Å². The third-order valence-corrected chi connectivity index (χ3v) is 7.21. The molecule has 1 heterocycles. The Balaban J connectivity index is 1.18. The van der Waals surface area contributed by atoms with E-state index in [9.17, 15) is 0 Å². The van der Waals surface area contributed by atoms with Gasteiger partial charge in [-0.25, -0.2) is 0 Å². The largest absolute Gasteiger partial charge is 0.383 e. The average Bonchev–Trinajstić information content (AvgIpc) is 3.61. The lowest BCUT2D eigenvalue weighted by Gasteiger charge is -2.37. The molecule has 2 nitrogen and oxygen atoms in total. The van der Waals surface area contributed by atoms with Crippen molar-refractivity contribution in [2.45, 2.75) is 51.1 Å². The van der Waals surface area contributed by atoms with Crippen LogP contribution in [0.1, 0.15) is 47.9 Å². The zero-order valence-corrected chi connectivity index (χ0v) is 19.3. The molecule has 2 aromatic carbocycles. The summed E-state index contributed by atoms with van der Waals surface area (Å²) in [6.45, 7) is 2.85. The number of benzene rings is 2. The van der Waals surface area contributed by atoms with Crippen LogP contribution in [0.15, 0.2) is 48.2 Å². The van der Waals surface area contributed by atoms with E-state index in [1.54, 1.807) is 0 Å². The number of nitrogens with zero attached hydrogens (tertiary/aromatic N) is 1. The first kappa shape index (κ1) is 21.0. The fourth-order valence-electron chi connectivity index (χ4n) is 4.62. The summed E-state index contributed by atoms with van der Waals surface area (Å²) in [5, 5.41) is 5.28. The van der Waals surface area contributed by atoms with Gasteiger partial charge in [0.2, 0.25) is 0 Å². The molecule has 1 N–H and O–H groups in total. The van der Waals surface area contributed by atoms with Crippen molar-refractivity contribution in [1.82, 2.24) is 10.2 Å². The fraction of sp³-hybridized carbons (Fsp3) is 0.407. The predicted molar refractivity (Wildman–Crippen MR) is 129 cm³/mol. The second kappa shape index (κ2) is 9.29. The first-order chi connectivity index (χ1) is 15.1. The highest BCUT2D eigenvalue weighted by molar-refractivity contribution is 6.31. The van der Waals surface area contributed by atoms with Crippen molar-refractivity contribution >= 4 is 23.2 Å². The second-order valence-corrected chi connectivity index (χ2v) is 9.85. The molecule has 31 heavy (non-hydrogen) atoms. The molecule has 160 valence electrons. The lowest BCUT2D eigenvalue weighted by molar-refractivity contribution is 0.186. The highest BCUT2D eigenvalue weighted by Crippen LogP contribution is 2.29. The van der Waals surface area contributed by atoms with Crippen LogP contribution in [-0.2, 0) is 19.4 Å². The monoisotopic (exact) mass is 450 g/mol. The van der Waals surface area contributed by atoms with E-state index < -0.39 is 0 Å². The Labute approximate surface area is 195 Å². The molecule has 1 fully saturated rings. The Bertz CT molecular complexity index is 1060. The van der Waals surface area contributed by atoms with Gasteiger partial charge in [0.25, 0.3) is 0 Å². The minimum atomic E-state index is 0.587. The molecule has 1 aliphatic heterocycles. The quantitative estimate of drug-likeness (QED) is 0.575. The van der Waals surface area contributed by atoms with E-state index in [2.05, 4.69) is 52.4 Å². The van der Waals surface area contributed by atoms with E-state index in [0.29, 0.717) is 12.0 Å². The van der Waals surface area contributed by atoms with Gasteiger partial charge >= 0.3 is 0 Å². The van der Waals surface area contributed by atoms with Crippen molar-refractivity contribution in [3.05, 3.63) is 80.5 Å². The molecule has 1 unspecified atom stereocenters. The van der Waals surface area contributed by atoms with Crippen LogP contribution in [0.2, 0.25) is 10.0 Å². The molecule has 0 spiro atoms. The second-order valence-electron chi connectivity index (χ2n) is 9.00. The Morgan fingerprint density at radius 2 is 1.94 bits per heavy atom. The van der Waals surface area contributed by atoms with E-state index in [1.165, 1.54) is 36.1 Å². The summed E-state index contributed by atoms with van der Waals surface area (Å²) in [6.07, 6.45) is 9.38. The van der Waals surface area contributed by atoms with Gasteiger partial charge in [0.1, 0.15) is 0 Å². The molecular weight excluding hydrogens is 423 g/mol. The number of hydrogen-bond acceptors (Lipinski definition) is 2. The minimum absolute atomic E-state index is 0.587. The van der Waals surface area contributed by atoms with Crippen LogP contribution in [-0.4, -0.2) is 24.0 Å². The van der Waals surface area contributed by atoms with Crippen molar-refractivity contribution < 1.29 is 0 Å². The van der Waals surface area contributed by atoms with Gasteiger partial charge in [-0.2, -0.15) is 0 Å². The van der Waals surface area contributed by atoms with Gasteiger partial charge in [-0.15, -0.1) is 0 Å². The normalized spacial score (nSPS) is 21.0. The molecule has 5 rings (SSSR count). The Morgan fingerprint density at radius 3 is 2.77 bits per heavy atom. The van der Waals surface area contributed by atoms with Gasteiger partial charge in [0.05, 0.1) is 0 Å². The van der Waals surface area contributed by atoms with Crippen LogP contribution >= 0.6 is 23.2 Å². The lowest BCUT2D eigenvalue weighted by Crippen LogP contribution is -2.44. The van der Waals surface area contributed by atoms with E-state index in [4.69, 9.17) is 23.2 Å². The molecule has 0 bridgehead atoms. The molecule has 1 atom stereocenters. The maximum Gasteiger partial charge on any atom is 0.0468 e. The highest BCUT2D eigenvalue weighted by atomic mass is 35.5. The maximum atomic E-state index is 6.54. The van der Waals surface area contributed by atoms with Crippen LogP contribution in [0, 0.1) is 17.8 Å². The molecule has 0 aromatic heterocycles. The van der Waals surface area contributed by atoms with Gasteiger partial charge in [0.15, 0.2) is 0 Å². The van der Waals surface area contributed by atoms with E-state index in [1.807, 2.05) is 12.1 Å².